The maximum atomic E-state index is 12.0. The Labute approximate surface area is 134 Å². The number of amides is 2. The van der Waals surface area contributed by atoms with Crippen molar-refractivity contribution in [2.45, 2.75) is 18.9 Å². The number of carbonyl (C=O) groups excluding carboxylic acids is 2. The number of carbonyl (C=O) groups is 2. The number of rotatable bonds is 5. The molecule has 1 aliphatic heterocycles. The van der Waals surface area contributed by atoms with Gasteiger partial charge in [0.25, 0.3) is 5.91 Å². The largest absolute Gasteiger partial charge is 0.482 e. The van der Waals surface area contributed by atoms with E-state index in [1.807, 2.05) is 0 Å². The van der Waals surface area contributed by atoms with Gasteiger partial charge in [0.15, 0.2) is 6.61 Å². The molecule has 0 aromatic heterocycles. The van der Waals surface area contributed by atoms with Crippen LogP contribution in [-0.4, -0.2) is 50.0 Å². The van der Waals surface area contributed by atoms with Gasteiger partial charge in [-0.1, -0.05) is 11.6 Å². The van der Waals surface area contributed by atoms with Gasteiger partial charge in [-0.15, -0.1) is 0 Å². The van der Waals surface area contributed by atoms with Crippen molar-refractivity contribution in [3.05, 3.63) is 23.2 Å². The smallest absolute Gasteiger partial charge is 0.259 e. The lowest BCUT2D eigenvalue weighted by molar-refractivity contribution is -0.130. The highest BCUT2D eigenvalue weighted by Gasteiger charge is 2.22. The van der Waals surface area contributed by atoms with Crippen molar-refractivity contribution in [1.29, 1.82) is 0 Å². The van der Waals surface area contributed by atoms with E-state index in [1.165, 1.54) is 4.90 Å². The molecule has 1 unspecified atom stereocenters. The molecule has 1 fully saturated rings. The summed E-state index contributed by atoms with van der Waals surface area (Å²) >= 11 is 6.12. The van der Waals surface area contributed by atoms with Gasteiger partial charge in [-0.25, -0.2) is 0 Å². The van der Waals surface area contributed by atoms with Crippen LogP contribution < -0.4 is 15.4 Å². The van der Waals surface area contributed by atoms with Crippen LogP contribution in [0.2, 0.25) is 5.02 Å². The Morgan fingerprint density at radius 2 is 2.23 bits per heavy atom. The number of nitrogens with one attached hydrogen (secondary N) is 2. The standard InChI is InChI=1S/C15H20ClN3O3/c1-19(2)14(20)9-22-13-6-5-10(8-11(13)16)18-15(21)12-4-3-7-17-12/h5-6,8,12,17H,3-4,7,9H2,1-2H3,(H,18,21). The summed E-state index contributed by atoms with van der Waals surface area (Å²) in [5.41, 5.74) is 0.606. The molecule has 6 nitrogen and oxygen atoms in total. The molecule has 2 amide bonds. The maximum Gasteiger partial charge on any atom is 0.259 e. The summed E-state index contributed by atoms with van der Waals surface area (Å²) in [7, 11) is 3.31. The minimum Gasteiger partial charge on any atom is -0.482 e. The lowest BCUT2D eigenvalue weighted by Gasteiger charge is -2.14. The fourth-order valence-electron chi connectivity index (χ4n) is 2.10. The van der Waals surface area contributed by atoms with Crippen molar-refractivity contribution in [3.63, 3.8) is 0 Å². The molecule has 1 saturated heterocycles. The van der Waals surface area contributed by atoms with Crippen LogP contribution in [-0.2, 0) is 9.59 Å². The van der Waals surface area contributed by atoms with Crippen molar-refractivity contribution >= 4 is 29.1 Å². The van der Waals surface area contributed by atoms with Crippen LogP contribution in [0.5, 0.6) is 5.75 Å². The molecule has 1 heterocycles. The molecular formula is C15H20ClN3O3. The van der Waals surface area contributed by atoms with Gasteiger partial charge in [0.05, 0.1) is 11.1 Å². The highest BCUT2D eigenvalue weighted by atomic mass is 35.5. The predicted octanol–water partition coefficient (Wildman–Crippen LogP) is 1.50. The number of likely N-dealkylation sites (N-methyl/N-ethyl adjacent to an activating group) is 1. The molecule has 0 bridgehead atoms. The topological polar surface area (TPSA) is 70.7 Å². The zero-order valence-electron chi connectivity index (χ0n) is 12.7. The summed E-state index contributed by atoms with van der Waals surface area (Å²) in [6.45, 7) is 0.788. The van der Waals surface area contributed by atoms with Crippen molar-refractivity contribution < 1.29 is 14.3 Å². The first-order chi connectivity index (χ1) is 10.5. The van der Waals surface area contributed by atoms with E-state index in [0.717, 1.165) is 19.4 Å². The molecule has 0 aliphatic carbocycles. The molecule has 2 N–H and O–H groups in total. The summed E-state index contributed by atoms with van der Waals surface area (Å²) in [5.74, 6) is 0.194. The fraction of sp³-hybridized carbons (Fsp3) is 0.467. The lowest BCUT2D eigenvalue weighted by atomic mass is 10.2. The molecule has 22 heavy (non-hydrogen) atoms. The predicted molar refractivity (Wildman–Crippen MR) is 85.3 cm³/mol. The number of halogens is 1. The average molecular weight is 326 g/mol. The Morgan fingerprint density at radius 1 is 1.45 bits per heavy atom. The van der Waals surface area contributed by atoms with Gasteiger partial charge in [0, 0.05) is 19.8 Å². The first-order valence-corrected chi connectivity index (χ1v) is 7.52. The van der Waals surface area contributed by atoms with E-state index < -0.39 is 0 Å². The molecular weight excluding hydrogens is 306 g/mol. The quantitative estimate of drug-likeness (QED) is 0.860. The van der Waals surface area contributed by atoms with Crippen LogP contribution in [0.25, 0.3) is 0 Å². The van der Waals surface area contributed by atoms with Gasteiger partial charge in [0.1, 0.15) is 5.75 Å². The Hall–Kier alpha value is -1.79. The zero-order valence-corrected chi connectivity index (χ0v) is 13.4. The highest BCUT2D eigenvalue weighted by molar-refractivity contribution is 6.32. The molecule has 1 aliphatic rings. The number of anilines is 1. The van der Waals surface area contributed by atoms with Gasteiger partial charge in [0.2, 0.25) is 5.91 Å². The van der Waals surface area contributed by atoms with Gasteiger partial charge in [-0.3, -0.25) is 9.59 Å². The Bertz CT molecular complexity index is 557. The minimum absolute atomic E-state index is 0.0648. The third-order valence-corrected chi connectivity index (χ3v) is 3.72. The molecule has 0 radical (unpaired) electrons. The summed E-state index contributed by atoms with van der Waals surface area (Å²) in [6, 6.07) is 4.81. The average Bonchev–Trinajstić information content (AvgIpc) is 3.00. The van der Waals surface area contributed by atoms with Crippen LogP contribution in [0.3, 0.4) is 0 Å². The normalized spacial score (nSPS) is 17.1. The summed E-state index contributed by atoms with van der Waals surface area (Å²) < 4.78 is 5.37. The van der Waals surface area contributed by atoms with Gasteiger partial charge >= 0.3 is 0 Å². The Kier molecular flexibility index (Phi) is 5.63. The molecule has 1 atom stereocenters. The number of hydrogen-bond donors (Lipinski definition) is 2. The third-order valence-electron chi connectivity index (χ3n) is 3.43. The molecule has 0 saturated carbocycles. The zero-order chi connectivity index (χ0) is 16.1. The van der Waals surface area contributed by atoms with E-state index in [4.69, 9.17) is 16.3 Å². The molecule has 120 valence electrons. The van der Waals surface area contributed by atoms with E-state index in [1.54, 1.807) is 32.3 Å². The Morgan fingerprint density at radius 3 is 2.82 bits per heavy atom. The molecule has 1 aromatic carbocycles. The van der Waals surface area contributed by atoms with Crippen LogP contribution >= 0.6 is 11.6 Å². The second-order valence-corrected chi connectivity index (χ2v) is 5.77. The van der Waals surface area contributed by atoms with Gasteiger partial charge in [-0.05, 0) is 37.6 Å². The monoisotopic (exact) mass is 325 g/mol. The van der Waals surface area contributed by atoms with E-state index >= 15 is 0 Å². The number of nitrogens with zero attached hydrogens (tertiary/aromatic N) is 1. The van der Waals surface area contributed by atoms with Crippen LogP contribution in [0, 0.1) is 0 Å². The summed E-state index contributed by atoms with van der Waals surface area (Å²) in [4.78, 5) is 24.9. The van der Waals surface area contributed by atoms with Crippen LogP contribution in [0.15, 0.2) is 18.2 Å². The van der Waals surface area contributed by atoms with E-state index in [-0.39, 0.29) is 24.5 Å². The second kappa shape index (κ2) is 7.47. The molecule has 2 rings (SSSR count). The van der Waals surface area contributed by atoms with Crippen molar-refractivity contribution in [1.82, 2.24) is 10.2 Å². The lowest BCUT2D eigenvalue weighted by Crippen LogP contribution is -2.35. The maximum absolute atomic E-state index is 12.0. The molecule has 0 spiro atoms. The number of hydrogen-bond acceptors (Lipinski definition) is 4. The Balaban J connectivity index is 1.94. The molecule has 1 aromatic rings. The van der Waals surface area contributed by atoms with E-state index in [0.29, 0.717) is 16.5 Å². The van der Waals surface area contributed by atoms with Crippen molar-refractivity contribution in [2.24, 2.45) is 0 Å². The van der Waals surface area contributed by atoms with E-state index in [2.05, 4.69) is 10.6 Å². The number of ether oxygens (including phenoxy) is 1. The fourth-order valence-corrected chi connectivity index (χ4v) is 2.34. The first kappa shape index (κ1) is 16.6. The second-order valence-electron chi connectivity index (χ2n) is 5.36. The van der Waals surface area contributed by atoms with Crippen LogP contribution in [0.1, 0.15) is 12.8 Å². The van der Waals surface area contributed by atoms with E-state index in [9.17, 15) is 9.59 Å². The van der Waals surface area contributed by atoms with Crippen LogP contribution in [0.4, 0.5) is 5.69 Å². The SMILES string of the molecule is CN(C)C(=O)COc1ccc(NC(=O)C2CCCN2)cc1Cl. The van der Waals surface area contributed by atoms with Gasteiger partial charge in [-0.2, -0.15) is 0 Å². The minimum atomic E-state index is -0.152. The first-order valence-electron chi connectivity index (χ1n) is 7.14. The third kappa shape index (κ3) is 4.35. The van der Waals surface area contributed by atoms with Crippen molar-refractivity contribution in [3.8, 4) is 5.75 Å². The van der Waals surface area contributed by atoms with Gasteiger partial charge < -0.3 is 20.3 Å². The summed E-state index contributed by atoms with van der Waals surface area (Å²) in [5, 5.41) is 6.30. The number of benzene rings is 1. The molecule has 7 heteroatoms. The summed E-state index contributed by atoms with van der Waals surface area (Å²) in [6.07, 6.45) is 1.85. The highest BCUT2D eigenvalue weighted by Crippen LogP contribution is 2.28. The van der Waals surface area contributed by atoms with Crippen molar-refractivity contribution in [2.75, 3.05) is 32.6 Å².